The molecule has 1 aromatic rings. The smallest absolute Gasteiger partial charge is 0.154 e. The molecule has 4 heteroatoms. The van der Waals surface area contributed by atoms with E-state index in [0.717, 1.165) is 18.4 Å². The number of aryl methyl sites for hydroxylation is 2. The fourth-order valence-corrected chi connectivity index (χ4v) is 3.01. The minimum Gasteiger partial charge on any atom is -0.323 e. The fraction of sp³-hybridized carbons (Fsp3) is 0.571. The summed E-state index contributed by atoms with van der Waals surface area (Å²) < 4.78 is 22.7. The molecule has 1 aliphatic carbocycles. The highest BCUT2D eigenvalue weighted by molar-refractivity contribution is 7.92. The number of sulfone groups is 1. The average molecular weight is 267 g/mol. The molecule has 0 aromatic heterocycles. The predicted molar refractivity (Wildman–Crippen MR) is 74.3 cm³/mol. The summed E-state index contributed by atoms with van der Waals surface area (Å²) in [6.07, 6.45) is 4.64. The Balaban J connectivity index is 2.38. The molecule has 2 N–H and O–H groups in total. The van der Waals surface area contributed by atoms with Gasteiger partial charge in [0.1, 0.15) is 0 Å². The zero-order valence-corrected chi connectivity index (χ0v) is 12.0. The number of rotatable bonds is 3. The lowest BCUT2D eigenvalue weighted by molar-refractivity contribution is 0.496. The largest absolute Gasteiger partial charge is 0.323 e. The number of hydrogen-bond donors (Lipinski definition) is 1. The number of benzene rings is 1. The molecule has 0 amide bonds. The van der Waals surface area contributed by atoms with Crippen molar-refractivity contribution in [3.05, 3.63) is 34.9 Å². The first kappa shape index (κ1) is 13.6. The van der Waals surface area contributed by atoms with Crippen LogP contribution in [0.25, 0.3) is 0 Å². The van der Waals surface area contributed by atoms with Crippen LogP contribution in [0.1, 0.15) is 43.0 Å². The molecule has 1 atom stereocenters. The summed E-state index contributed by atoms with van der Waals surface area (Å²) in [6.45, 7) is 3.39. The molecule has 1 aliphatic rings. The SMILES string of the molecule is CC(C)(C(N)c1ccc2c(c1)CCC2)S(C)(=O)=O. The van der Waals surface area contributed by atoms with Crippen molar-refractivity contribution in [3.8, 4) is 0 Å². The van der Waals surface area contributed by atoms with Crippen molar-refractivity contribution in [2.24, 2.45) is 5.73 Å². The van der Waals surface area contributed by atoms with Gasteiger partial charge in [0.05, 0.1) is 4.75 Å². The molecule has 18 heavy (non-hydrogen) atoms. The molecule has 0 saturated carbocycles. The quantitative estimate of drug-likeness (QED) is 0.911. The Bertz CT molecular complexity index is 561. The van der Waals surface area contributed by atoms with Gasteiger partial charge in [-0.15, -0.1) is 0 Å². The van der Waals surface area contributed by atoms with E-state index in [9.17, 15) is 8.42 Å². The Morgan fingerprint density at radius 2 is 1.83 bits per heavy atom. The third-order valence-electron chi connectivity index (χ3n) is 4.19. The summed E-state index contributed by atoms with van der Waals surface area (Å²) in [5.41, 5.74) is 9.80. The Morgan fingerprint density at radius 1 is 1.22 bits per heavy atom. The van der Waals surface area contributed by atoms with E-state index in [-0.39, 0.29) is 0 Å². The van der Waals surface area contributed by atoms with Crippen LogP contribution in [0.15, 0.2) is 18.2 Å². The van der Waals surface area contributed by atoms with Crippen molar-refractivity contribution in [2.45, 2.75) is 43.9 Å². The zero-order valence-electron chi connectivity index (χ0n) is 11.2. The van der Waals surface area contributed by atoms with E-state index in [2.05, 4.69) is 12.1 Å². The van der Waals surface area contributed by atoms with Crippen LogP contribution in [-0.2, 0) is 22.7 Å². The third kappa shape index (κ3) is 2.19. The molecule has 100 valence electrons. The molecular weight excluding hydrogens is 246 g/mol. The Morgan fingerprint density at radius 3 is 2.44 bits per heavy atom. The molecule has 0 saturated heterocycles. The van der Waals surface area contributed by atoms with Crippen LogP contribution in [-0.4, -0.2) is 19.4 Å². The van der Waals surface area contributed by atoms with E-state index in [4.69, 9.17) is 5.73 Å². The monoisotopic (exact) mass is 267 g/mol. The number of hydrogen-bond acceptors (Lipinski definition) is 3. The van der Waals surface area contributed by atoms with Gasteiger partial charge in [0.15, 0.2) is 9.84 Å². The molecule has 0 fully saturated rings. The number of nitrogens with two attached hydrogens (primary N) is 1. The predicted octanol–water partition coefficient (Wildman–Crippen LogP) is 2.00. The molecule has 0 radical (unpaired) electrons. The second-order valence-corrected chi connectivity index (χ2v) is 8.33. The number of fused-ring (bicyclic) bond motifs is 1. The first-order valence-corrected chi connectivity index (χ1v) is 8.19. The van der Waals surface area contributed by atoms with Crippen molar-refractivity contribution in [1.82, 2.24) is 0 Å². The second-order valence-electron chi connectivity index (χ2n) is 5.73. The van der Waals surface area contributed by atoms with Gasteiger partial charge in [-0.25, -0.2) is 8.42 Å². The maximum Gasteiger partial charge on any atom is 0.154 e. The highest BCUT2D eigenvalue weighted by atomic mass is 32.2. The van der Waals surface area contributed by atoms with Crippen LogP contribution >= 0.6 is 0 Å². The summed E-state index contributed by atoms with van der Waals surface area (Å²) in [5, 5.41) is 0. The van der Waals surface area contributed by atoms with Gasteiger partial charge < -0.3 is 5.73 Å². The van der Waals surface area contributed by atoms with Crippen molar-refractivity contribution < 1.29 is 8.42 Å². The van der Waals surface area contributed by atoms with Gasteiger partial charge in [-0.3, -0.25) is 0 Å². The molecule has 1 aromatic carbocycles. The van der Waals surface area contributed by atoms with E-state index < -0.39 is 20.6 Å². The molecule has 0 aliphatic heterocycles. The van der Waals surface area contributed by atoms with E-state index in [1.54, 1.807) is 13.8 Å². The van der Waals surface area contributed by atoms with Gasteiger partial charge >= 0.3 is 0 Å². The highest BCUT2D eigenvalue weighted by Crippen LogP contribution is 2.32. The fourth-order valence-electron chi connectivity index (χ4n) is 2.42. The molecule has 0 heterocycles. The summed E-state index contributed by atoms with van der Waals surface area (Å²) in [4.78, 5) is 0. The maximum atomic E-state index is 11.8. The first-order chi connectivity index (χ1) is 8.23. The van der Waals surface area contributed by atoms with Crippen LogP contribution in [0.3, 0.4) is 0 Å². The van der Waals surface area contributed by atoms with Gasteiger partial charge in [0.2, 0.25) is 0 Å². The van der Waals surface area contributed by atoms with Crippen LogP contribution in [0.5, 0.6) is 0 Å². The van der Waals surface area contributed by atoms with Gasteiger partial charge in [0.25, 0.3) is 0 Å². The topological polar surface area (TPSA) is 60.2 Å². The van der Waals surface area contributed by atoms with Crippen molar-refractivity contribution in [2.75, 3.05) is 6.26 Å². The van der Waals surface area contributed by atoms with E-state index in [1.165, 1.54) is 23.8 Å². The lowest BCUT2D eigenvalue weighted by atomic mass is 9.93. The minimum atomic E-state index is -3.19. The molecule has 3 nitrogen and oxygen atoms in total. The van der Waals surface area contributed by atoms with Gasteiger partial charge in [-0.2, -0.15) is 0 Å². The summed E-state index contributed by atoms with van der Waals surface area (Å²) >= 11 is 0. The van der Waals surface area contributed by atoms with Crippen LogP contribution in [0.2, 0.25) is 0 Å². The van der Waals surface area contributed by atoms with E-state index in [0.29, 0.717) is 0 Å². The van der Waals surface area contributed by atoms with Gasteiger partial charge in [0, 0.05) is 12.3 Å². The Kier molecular flexibility index (Phi) is 3.28. The van der Waals surface area contributed by atoms with Gasteiger partial charge in [-0.05, 0) is 49.8 Å². The summed E-state index contributed by atoms with van der Waals surface area (Å²) in [7, 11) is -3.19. The summed E-state index contributed by atoms with van der Waals surface area (Å²) in [6, 6.07) is 5.66. The van der Waals surface area contributed by atoms with Crippen molar-refractivity contribution in [3.63, 3.8) is 0 Å². The Hall–Kier alpha value is -0.870. The Labute approximate surface area is 109 Å². The van der Waals surface area contributed by atoms with E-state index >= 15 is 0 Å². The van der Waals surface area contributed by atoms with Gasteiger partial charge in [-0.1, -0.05) is 18.2 Å². The minimum absolute atomic E-state index is 0.488. The summed E-state index contributed by atoms with van der Waals surface area (Å²) in [5.74, 6) is 0. The zero-order chi connectivity index (χ0) is 13.6. The molecule has 0 spiro atoms. The van der Waals surface area contributed by atoms with Crippen molar-refractivity contribution >= 4 is 9.84 Å². The average Bonchev–Trinajstić information content (AvgIpc) is 2.73. The lowest BCUT2D eigenvalue weighted by Gasteiger charge is -2.30. The molecule has 1 unspecified atom stereocenters. The van der Waals surface area contributed by atoms with Crippen LogP contribution in [0, 0.1) is 0 Å². The molecule has 2 rings (SSSR count). The standard InChI is InChI=1S/C14H21NO2S/c1-14(2,18(3,16)17)13(15)12-8-7-10-5-4-6-11(10)9-12/h7-9,13H,4-6,15H2,1-3H3. The third-order valence-corrected chi connectivity index (χ3v) is 6.35. The van der Waals surface area contributed by atoms with E-state index in [1.807, 2.05) is 6.07 Å². The van der Waals surface area contributed by atoms with Crippen LogP contribution in [0.4, 0.5) is 0 Å². The lowest BCUT2D eigenvalue weighted by Crippen LogP contribution is -2.42. The second kappa shape index (κ2) is 4.35. The van der Waals surface area contributed by atoms with Crippen molar-refractivity contribution in [1.29, 1.82) is 0 Å². The first-order valence-electron chi connectivity index (χ1n) is 6.30. The maximum absolute atomic E-state index is 11.8. The molecular formula is C14H21NO2S. The highest BCUT2D eigenvalue weighted by Gasteiger charge is 2.37. The molecule has 0 bridgehead atoms. The van der Waals surface area contributed by atoms with Crippen LogP contribution < -0.4 is 5.73 Å². The normalized spacial score (nSPS) is 17.6.